The average molecular weight is 183 g/mol. The van der Waals surface area contributed by atoms with Crippen molar-refractivity contribution in [3.05, 3.63) is 34.9 Å². The first-order valence-electron chi connectivity index (χ1n) is 3.04. The van der Waals surface area contributed by atoms with Gasteiger partial charge in [0, 0.05) is 10.6 Å². The van der Waals surface area contributed by atoms with Crippen LogP contribution in [0.5, 0.6) is 0 Å². The molecule has 1 aromatic carbocycles. The number of hydrogen-bond donors (Lipinski definition) is 1. The van der Waals surface area contributed by atoms with Gasteiger partial charge in [0.2, 0.25) is 0 Å². The Kier molecular flexibility index (Phi) is 5.50. The maximum Gasteiger partial charge on any atom is 0.290 e. The molecule has 0 aliphatic rings. The highest BCUT2D eigenvalue weighted by atomic mass is 35.5. The van der Waals surface area contributed by atoms with Gasteiger partial charge in [-0.1, -0.05) is 17.5 Å². The number of rotatable bonds is 0. The predicted molar refractivity (Wildman–Crippen MR) is 48.1 cm³/mol. The molecule has 1 rings (SSSR count). The average Bonchev–Trinajstić information content (AvgIpc) is 2.07. The third-order valence-corrected chi connectivity index (χ3v) is 1.26. The van der Waals surface area contributed by atoms with Gasteiger partial charge in [0.25, 0.3) is 6.47 Å². The Morgan fingerprint density at radius 1 is 1.42 bits per heavy atom. The quantitative estimate of drug-likeness (QED) is 0.492. The number of terminal acetylenes is 1. The number of carboxylic acid groups (broad SMARTS) is 1. The van der Waals surface area contributed by atoms with Crippen molar-refractivity contribution in [2.45, 2.75) is 0 Å². The third-order valence-electron chi connectivity index (χ3n) is 1.01. The largest absolute Gasteiger partial charge is 0.483 e. The van der Waals surface area contributed by atoms with Crippen molar-refractivity contribution in [2.75, 3.05) is 0 Å². The summed E-state index contributed by atoms with van der Waals surface area (Å²) in [6.45, 7) is -0.250. The Balaban J connectivity index is 0.000000354. The van der Waals surface area contributed by atoms with Crippen molar-refractivity contribution in [1.82, 2.24) is 0 Å². The van der Waals surface area contributed by atoms with E-state index in [1.54, 1.807) is 12.1 Å². The van der Waals surface area contributed by atoms with Crippen LogP contribution in [-0.4, -0.2) is 11.6 Å². The molecule has 0 heterocycles. The Morgan fingerprint density at radius 2 is 1.83 bits per heavy atom. The van der Waals surface area contributed by atoms with Crippen molar-refractivity contribution >= 4 is 18.1 Å². The van der Waals surface area contributed by atoms with Crippen LogP contribution in [-0.2, 0) is 4.79 Å². The monoisotopic (exact) mass is 182 g/mol. The zero-order valence-electron chi connectivity index (χ0n) is 6.20. The lowest BCUT2D eigenvalue weighted by atomic mass is 10.2. The minimum atomic E-state index is -0.250. The minimum absolute atomic E-state index is 0.250. The van der Waals surface area contributed by atoms with E-state index >= 15 is 0 Å². The summed E-state index contributed by atoms with van der Waals surface area (Å²) in [5.74, 6) is 2.50. The van der Waals surface area contributed by atoms with Crippen LogP contribution < -0.4 is 0 Å². The zero-order chi connectivity index (χ0) is 9.40. The maximum atomic E-state index is 8.36. The van der Waals surface area contributed by atoms with Gasteiger partial charge in [-0.15, -0.1) is 6.42 Å². The molecule has 0 radical (unpaired) electrons. The number of hydrogen-bond acceptors (Lipinski definition) is 1. The Labute approximate surface area is 75.8 Å². The summed E-state index contributed by atoms with van der Waals surface area (Å²) in [5.41, 5.74) is 0.861. The maximum absolute atomic E-state index is 8.36. The molecule has 0 fully saturated rings. The topological polar surface area (TPSA) is 37.3 Å². The standard InChI is InChI=1S/C8H5Cl.CH2O2/c1-2-7-3-5-8(9)6-4-7;2-1-3/h1,3-6H;1H,(H,2,3). The molecule has 1 N–H and O–H groups in total. The summed E-state index contributed by atoms with van der Waals surface area (Å²) in [7, 11) is 0. The second-order valence-corrected chi connectivity index (χ2v) is 2.19. The van der Waals surface area contributed by atoms with Gasteiger partial charge in [-0.05, 0) is 24.3 Å². The Bertz CT molecular complexity index is 272. The highest BCUT2D eigenvalue weighted by Gasteiger charge is 1.84. The Hall–Kier alpha value is -1.46. The molecular weight excluding hydrogens is 176 g/mol. The summed E-state index contributed by atoms with van der Waals surface area (Å²) in [6, 6.07) is 7.16. The molecule has 0 saturated heterocycles. The van der Waals surface area contributed by atoms with E-state index in [0.717, 1.165) is 5.56 Å². The molecule has 0 saturated carbocycles. The van der Waals surface area contributed by atoms with E-state index in [-0.39, 0.29) is 6.47 Å². The fourth-order valence-electron chi connectivity index (χ4n) is 0.546. The molecule has 0 spiro atoms. The fourth-order valence-corrected chi connectivity index (χ4v) is 0.672. The summed E-state index contributed by atoms with van der Waals surface area (Å²) in [5, 5.41) is 7.61. The first kappa shape index (κ1) is 10.5. The van der Waals surface area contributed by atoms with Crippen LogP contribution in [0.2, 0.25) is 5.02 Å². The SMILES string of the molecule is C#Cc1ccc(Cl)cc1.O=CO. The molecule has 0 aromatic heterocycles. The molecule has 1 aromatic rings. The number of halogens is 1. The highest BCUT2D eigenvalue weighted by Crippen LogP contribution is 2.07. The zero-order valence-corrected chi connectivity index (χ0v) is 6.95. The van der Waals surface area contributed by atoms with Crippen LogP contribution >= 0.6 is 11.6 Å². The van der Waals surface area contributed by atoms with Gasteiger partial charge in [0.1, 0.15) is 0 Å². The molecule has 0 atom stereocenters. The van der Waals surface area contributed by atoms with E-state index in [9.17, 15) is 0 Å². The van der Waals surface area contributed by atoms with Crippen LogP contribution in [0.4, 0.5) is 0 Å². The van der Waals surface area contributed by atoms with Crippen LogP contribution in [0.25, 0.3) is 0 Å². The molecule has 0 bridgehead atoms. The first-order chi connectivity index (χ1) is 5.74. The van der Waals surface area contributed by atoms with Crippen LogP contribution in [0.1, 0.15) is 5.56 Å². The van der Waals surface area contributed by atoms with E-state index in [1.807, 2.05) is 12.1 Å². The number of benzene rings is 1. The van der Waals surface area contributed by atoms with Crippen molar-refractivity contribution in [2.24, 2.45) is 0 Å². The first-order valence-corrected chi connectivity index (χ1v) is 3.42. The molecule has 0 unspecified atom stereocenters. The van der Waals surface area contributed by atoms with Gasteiger partial charge < -0.3 is 5.11 Å². The Morgan fingerprint density at radius 3 is 2.17 bits per heavy atom. The lowest BCUT2D eigenvalue weighted by Crippen LogP contribution is -1.69. The summed E-state index contributed by atoms with van der Waals surface area (Å²) in [6.07, 6.45) is 5.11. The van der Waals surface area contributed by atoms with Crippen molar-refractivity contribution in [3.63, 3.8) is 0 Å². The molecule has 3 heteroatoms. The van der Waals surface area contributed by atoms with E-state index in [0.29, 0.717) is 5.02 Å². The molecule has 0 amide bonds. The number of carbonyl (C=O) groups is 1. The summed E-state index contributed by atoms with van der Waals surface area (Å²) < 4.78 is 0. The van der Waals surface area contributed by atoms with Gasteiger partial charge in [-0.3, -0.25) is 4.79 Å². The van der Waals surface area contributed by atoms with E-state index in [4.69, 9.17) is 27.9 Å². The van der Waals surface area contributed by atoms with E-state index in [2.05, 4.69) is 5.92 Å². The predicted octanol–water partition coefficient (Wildman–Crippen LogP) is 2.02. The molecule has 2 nitrogen and oxygen atoms in total. The normalized spacial score (nSPS) is 7.33. The van der Waals surface area contributed by atoms with E-state index in [1.165, 1.54) is 0 Å². The van der Waals surface area contributed by atoms with Gasteiger partial charge in [0.15, 0.2) is 0 Å². The lowest BCUT2D eigenvalue weighted by molar-refractivity contribution is -0.122. The summed E-state index contributed by atoms with van der Waals surface area (Å²) >= 11 is 5.60. The van der Waals surface area contributed by atoms with Crippen LogP contribution in [0, 0.1) is 12.3 Å². The second-order valence-electron chi connectivity index (χ2n) is 1.76. The van der Waals surface area contributed by atoms with Gasteiger partial charge in [0.05, 0.1) is 0 Å². The van der Waals surface area contributed by atoms with Gasteiger partial charge >= 0.3 is 0 Å². The fraction of sp³-hybridized carbons (Fsp3) is 0. The van der Waals surface area contributed by atoms with Crippen LogP contribution in [0.15, 0.2) is 24.3 Å². The van der Waals surface area contributed by atoms with Gasteiger partial charge in [-0.2, -0.15) is 0 Å². The molecule has 62 valence electrons. The van der Waals surface area contributed by atoms with Crippen LogP contribution in [0.3, 0.4) is 0 Å². The smallest absolute Gasteiger partial charge is 0.290 e. The van der Waals surface area contributed by atoms with E-state index < -0.39 is 0 Å². The molecule has 0 aliphatic heterocycles. The highest BCUT2D eigenvalue weighted by molar-refractivity contribution is 6.30. The summed E-state index contributed by atoms with van der Waals surface area (Å²) in [4.78, 5) is 8.36. The van der Waals surface area contributed by atoms with Crippen molar-refractivity contribution in [1.29, 1.82) is 0 Å². The second kappa shape index (κ2) is 6.26. The third kappa shape index (κ3) is 4.37. The minimum Gasteiger partial charge on any atom is -0.483 e. The molecular formula is C9H7ClO2. The van der Waals surface area contributed by atoms with Crippen molar-refractivity contribution < 1.29 is 9.90 Å². The molecule has 12 heavy (non-hydrogen) atoms. The van der Waals surface area contributed by atoms with Crippen molar-refractivity contribution in [3.8, 4) is 12.3 Å². The molecule has 0 aliphatic carbocycles. The van der Waals surface area contributed by atoms with Gasteiger partial charge in [-0.25, -0.2) is 0 Å². The lowest BCUT2D eigenvalue weighted by Gasteiger charge is -1.87.